The molecule has 0 unspecified atom stereocenters. The molecule has 0 aliphatic heterocycles. The van der Waals surface area contributed by atoms with Crippen molar-refractivity contribution in [2.45, 2.75) is 186 Å². The summed E-state index contributed by atoms with van der Waals surface area (Å²) in [7, 11) is 0. The molecule has 0 radical (unpaired) electrons. The van der Waals surface area contributed by atoms with Crippen molar-refractivity contribution in [1.82, 2.24) is 45.5 Å². The second-order valence-corrected chi connectivity index (χ2v) is 27.9. The monoisotopic (exact) mass is 1650 g/mol. The van der Waals surface area contributed by atoms with Gasteiger partial charge in [-0.2, -0.15) is 0 Å². The molecule has 0 aliphatic rings. The van der Waals surface area contributed by atoms with Gasteiger partial charge >= 0.3 is 0 Å². The summed E-state index contributed by atoms with van der Waals surface area (Å²) in [5.74, 6) is 6.84. The molecule has 14 rings (SSSR count). The zero-order chi connectivity index (χ0) is 78.4. The molecule has 0 amide bonds. The third-order valence-electron chi connectivity index (χ3n) is 19.3. The number of benzene rings is 7. The quantitative estimate of drug-likeness (QED) is 0.0170. The molecule has 626 valence electrons. The lowest BCUT2D eigenvalue weighted by molar-refractivity contribution is 0.321. The summed E-state index contributed by atoms with van der Waals surface area (Å²) in [5.41, 5.74) is 17.7. The number of H-pyrrole nitrogens is 7. The van der Waals surface area contributed by atoms with Gasteiger partial charge in [-0.15, -0.1) is 49.6 Å². The maximum Gasteiger partial charge on any atom is 0.143 e. The predicted octanol–water partition coefficient (Wildman–Crippen LogP) is 25.3. The highest BCUT2D eigenvalue weighted by atomic mass is 35.5. The van der Waals surface area contributed by atoms with E-state index in [0.29, 0.717) is 26.4 Å². The van der Waals surface area contributed by atoms with Crippen LogP contribution in [0.3, 0.4) is 0 Å². The third-order valence-corrected chi connectivity index (χ3v) is 19.3. The predicted molar refractivity (Wildman–Crippen MR) is 497 cm³/mol. The minimum atomic E-state index is 0. The fraction of sp³-hybridized carbons (Fsp3) is 0.411. The zero-order valence-corrected chi connectivity index (χ0v) is 73.5. The number of aryl methyl sites for hydroxylation is 5. The van der Waals surface area contributed by atoms with Gasteiger partial charge in [0.05, 0.1) is 57.3 Å². The van der Waals surface area contributed by atoms with Crippen LogP contribution in [0, 0.1) is 0 Å². The van der Waals surface area contributed by atoms with E-state index in [1.54, 1.807) is 0 Å². The molecule has 0 bridgehead atoms. The standard InChI is InChI=1S/C27H36N4O2.3C14H19NO.2C13H17NO.4ClH/c1-3-32-22-6-8-26-24(16-22)20(18-30-26)10-14-28-12-5-13-29-15-11-21-19-31-27-9-7-23(33-4-2)17-25(21)27;3*1-3-6-11-10-15-12-7-5-8-13(14(11)12)16-9-4-2;2*1-3-6-10-9-14-13-11(10)7-5-8-12(13)15-4-2;;;;/h6-9,16-19,28-31H,3-5,10-15H2,1-2H3;3*5,7-8,10,15H,3-4,6,9H2,1-2H3;2*5,7-9,14H,3-4,6H2,1-2H3;4*1H. The SMILES string of the molecule is CCCOc1cccc2[nH]cc(CCC)c12.CCCOc1cccc2[nH]cc(CCC)c12.CCCOc1cccc2[nH]cc(CCC)c12.CCCc1c[nH]c2c(OCC)cccc12.CCCc1c[nH]c2c(OCC)cccc12.CCOc1ccc2[nH]cc(CCNCCCNCCc3c[nH]c4ccc(OCC)cc34)c2c1.Cl.Cl.Cl.Cl. The molecule has 7 aromatic heterocycles. The zero-order valence-electron chi connectivity index (χ0n) is 70.2. The minimum Gasteiger partial charge on any atom is -0.494 e. The van der Waals surface area contributed by atoms with Gasteiger partial charge in [-0.3, -0.25) is 0 Å². The number of rotatable bonds is 37. The summed E-state index contributed by atoms with van der Waals surface area (Å²) < 4.78 is 39.8. The first-order chi connectivity index (χ1) is 54.6. The molecule has 7 heterocycles. The summed E-state index contributed by atoms with van der Waals surface area (Å²) >= 11 is 0. The molecule has 9 N–H and O–H groups in total. The Labute approximate surface area is 708 Å². The van der Waals surface area contributed by atoms with Crippen molar-refractivity contribution in [2.75, 3.05) is 72.4 Å². The molecule has 0 aliphatic carbocycles. The van der Waals surface area contributed by atoms with E-state index in [4.69, 9.17) is 33.2 Å². The van der Waals surface area contributed by atoms with Crippen molar-refractivity contribution >= 4 is 126 Å². The van der Waals surface area contributed by atoms with E-state index in [0.717, 1.165) is 187 Å². The molecule has 0 saturated carbocycles. The van der Waals surface area contributed by atoms with Crippen LogP contribution in [0.15, 0.2) is 171 Å². The van der Waals surface area contributed by atoms with Crippen LogP contribution in [0.1, 0.15) is 180 Å². The molecule has 14 aromatic rings. The average molecular weight is 1650 g/mol. The van der Waals surface area contributed by atoms with E-state index in [9.17, 15) is 0 Å². The number of hydrogen-bond donors (Lipinski definition) is 9. The Morgan fingerprint density at radius 2 is 0.548 bits per heavy atom. The van der Waals surface area contributed by atoms with Crippen LogP contribution in [0.5, 0.6) is 40.2 Å². The number of ether oxygens (including phenoxy) is 7. The van der Waals surface area contributed by atoms with Crippen molar-refractivity contribution in [3.8, 4) is 40.2 Å². The second kappa shape index (κ2) is 53.3. The van der Waals surface area contributed by atoms with Gasteiger partial charge in [0.25, 0.3) is 0 Å². The molecule has 0 fully saturated rings. The van der Waals surface area contributed by atoms with Crippen LogP contribution in [0.4, 0.5) is 0 Å². The highest BCUT2D eigenvalue weighted by Gasteiger charge is 2.15. The van der Waals surface area contributed by atoms with Crippen molar-refractivity contribution in [3.63, 3.8) is 0 Å². The highest BCUT2D eigenvalue weighted by molar-refractivity contribution is 5.93. The highest BCUT2D eigenvalue weighted by Crippen LogP contribution is 2.35. The van der Waals surface area contributed by atoms with E-state index in [2.05, 4.69) is 229 Å². The summed E-state index contributed by atoms with van der Waals surface area (Å²) in [4.78, 5) is 23.3. The normalized spacial score (nSPS) is 10.6. The van der Waals surface area contributed by atoms with Gasteiger partial charge in [0.2, 0.25) is 0 Å². The van der Waals surface area contributed by atoms with Crippen LogP contribution in [-0.4, -0.2) is 107 Å². The van der Waals surface area contributed by atoms with Gasteiger partial charge < -0.3 is 78.7 Å². The maximum atomic E-state index is 5.79. The Kier molecular flexibility index (Phi) is 44.7. The van der Waals surface area contributed by atoms with Crippen molar-refractivity contribution in [1.29, 1.82) is 0 Å². The number of hydrogen-bond acceptors (Lipinski definition) is 9. The Hall–Kier alpha value is -9.00. The van der Waals surface area contributed by atoms with E-state index in [1.165, 1.54) is 117 Å². The molecule has 20 heteroatoms. The lowest BCUT2D eigenvalue weighted by Gasteiger charge is -2.07. The van der Waals surface area contributed by atoms with Crippen molar-refractivity contribution < 1.29 is 33.2 Å². The Morgan fingerprint density at radius 1 is 0.252 bits per heavy atom. The van der Waals surface area contributed by atoms with Gasteiger partial charge in [0, 0.05) is 109 Å². The average Bonchev–Trinajstić information content (AvgIpc) is 1.59. The summed E-state index contributed by atoms with van der Waals surface area (Å²) in [6, 6.07) is 43.6. The molecular weight excluding hydrogens is 1520 g/mol. The summed E-state index contributed by atoms with van der Waals surface area (Å²) in [5, 5.41) is 16.0. The number of fused-ring (bicyclic) bond motifs is 7. The van der Waals surface area contributed by atoms with Crippen LogP contribution < -0.4 is 43.8 Å². The minimum absolute atomic E-state index is 0. The molecule has 0 atom stereocenters. The lowest BCUT2D eigenvalue weighted by Crippen LogP contribution is -2.24. The van der Waals surface area contributed by atoms with Crippen molar-refractivity contribution in [2.24, 2.45) is 0 Å². The molecular formula is C95H131Cl4N9O7. The molecule has 16 nitrogen and oxygen atoms in total. The van der Waals surface area contributed by atoms with E-state index in [1.807, 2.05) is 70.2 Å². The van der Waals surface area contributed by atoms with Gasteiger partial charge in [-0.05, 0) is 248 Å². The number of aromatic amines is 7. The van der Waals surface area contributed by atoms with Gasteiger partial charge in [0.1, 0.15) is 40.2 Å². The van der Waals surface area contributed by atoms with Crippen LogP contribution in [-0.2, 0) is 44.9 Å². The summed E-state index contributed by atoms with van der Waals surface area (Å²) in [6.45, 7) is 34.6. The number of halogens is 4. The lowest BCUT2D eigenvalue weighted by atomic mass is 10.1. The fourth-order valence-corrected chi connectivity index (χ4v) is 14.2. The van der Waals surface area contributed by atoms with E-state index < -0.39 is 0 Å². The fourth-order valence-electron chi connectivity index (χ4n) is 14.2. The molecule has 0 spiro atoms. The van der Waals surface area contributed by atoms with Gasteiger partial charge in [-0.1, -0.05) is 130 Å². The third kappa shape index (κ3) is 27.6. The van der Waals surface area contributed by atoms with E-state index >= 15 is 0 Å². The number of aromatic nitrogens is 7. The smallest absolute Gasteiger partial charge is 0.143 e. The second-order valence-electron chi connectivity index (χ2n) is 27.9. The van der Waals surface area contributed by atoms with Crippen molar-refractivity contribution in [3.05, 3.63) is 210 Å². The first kappa shape index (κ1) is 96.6. The topological polar surface area (TPSA) is 199 Å². The largest absolute Gasteiger partial charge is 0.494 e. The van der Waals surface area contributed by atoms with Crippen LogP contribution >= 0.6 is 49.6 Å². The number of nitrogens with one attached hydrogen (secondary N) is 9. The van der Waals surface area contributed by atoms with Gasteiger partial charge in [0.15, 0.2) is 0 Å². The Bertz CT molecular complexity index is 4610. The van der Waals surface area contributed by atoms with Crippen LogP contribution in [0.2, 0.25) is 0 Å². The maximum absolute atomic E-state index is 5.79. The number of para-hydroxylation sites is 2. The van der Waals surface area contributed by atoms with Crippen LogP contribution in [0.25, 0.3) is 76.3 Å². The first-order valence-corrected chi connectivity index (χ1v) is 41.6. The Balaban J connectivity index is 0.000000253. The Morgan fingerprint density at radius 3 is 0.878 bits per heavy atom. The van der Waals surface area contributed by atoms with E-state index in [-0.39, 0.29) is 49.6 Å². The molecule has 7 aromatic carbocycles. The molecule has 0 saturated heterocycles. The summed E-state index contributed by atoms with van der Waals surface area (Å²) in [6.07, 6.45) is 32.4. The molecule has 115 heavy (non-hydrogen) atoms. The first-order valence-electron chi connectivity index (χ1n) is 41.6. The van der Waals surface area contributed by atoms with Gasteiger partial charge in [-0.25, -0.2) is 0 Å².